The Kier molecular flexibility index (Phi) is 7.41. The molecular weight excluding hydrogens is 248 g/mol. The van der Waals surface area contributed by atoms with Gasteiger partial charge in [0.2, 0.25) is 0 Å². The Bertz CT molecular complexity index is 428. The van der Waals surface area contributed by atoms with Gasteiger partial charge in [0.25, 0.3) is 0 Å². The summed E-state index contributed by atoms with van der Waals surface area (Å²) in [6, 6.07) is 10.0. The summed E-state index contributed by atoms with van der Waals surface area (Å²) in [6.45, 7) is 7.41. The van der Waals surface area contributed by atoms with Gasteiger partial charge in [0.15, 0.2) is 0 Å². The Labute approximate surface area is 122 Å². The topological polar surface area (TPSA) is 26.3 Å². The molecule has 1 aliphatic carbocycles. The molecule has 0 bridgehead atoms. The summed E-state index contributed by atoms with van der Waals surface area (Å²) in [5.74, 6) is 0.146. The summed E-state index contributed by atoms with van der Waals surface area (Å²) in [4.78, 5) is 11.1. The number of methoxy groups -OCH3 is 1. The first-order chi connectivity index (χ1) is 9.69. The van der Waals surface area contributed by atoms with E-state index in [0.29, 0.717) is 11.5 Å². The molecule has 0 aliphatic heterocycles. The summed E-state index contributed by atoms with van der Waals surface area (Å²) in [5, 5.41) is 0. The zero-order chi connectivity index (χ0) is 14.8. The number of hydrogen-bond acceptors (Lipinski definition) is 2. The van der Waals surface area contributed by atoms with Gasteiger partial charge in [0.05, 0.1) is 7.11 Å². The number of carbonyl (C=O) groups excluding carboxylic acids is 1. The van der Waals surface area contributed by atoms with Crippen molar-refractivity contribution >= 4 is 12.0 Å². The average molecular weight is 272 g/mol. The van der Waals surface area contributed by atoms with E-state index in [1.807, 2.05) is 36.4 Å². The summed E-state index contributed by atoms with van der Waals surface area (Å²) in [7, 11) is 1.41. The summed E-state index contributed by atoms with van der Waals surface area (Å²) in [5.41, 5.74) is 1.84. The van der Waals surface area contributed by atoms with E-state index in [9.17, 15) is 4.79 Å². The van der Waals surface area contributed by atoms with Crippen molar-refractivity contribution in [3.8, 4) is 0 Å². The highest BCUT2D eigenvalue weighted by Gasteiger charge is 2.21. The van der Waals surface area contributed by atoms with Gasteiger partial charge < -0.3 is 4.74 Å². The maximum Gasteiger partial charge on any atom is 0.333 e. The van der Waals surface area contributed by atoms with Crippen molar-refractivity contribution < 1.29 is 9.53 Å². The fraction of sp³-hybridized carbons (Fsp3) is 0.389. The minimum Gasteiger partial charge on any atom is -0.466 e. The van der Waals surface area contributed by atoms with Gasteiger partial charge in [-0.05, 0) is 24.3 Å². The Balaban J connectivity index is 0.000000217. The lowest BCUT2D eigenvalue weighted by atomic mass is 9.84. The highest BCUT2D eigenvalue weighted by Crippen LogP contribution is 2.29. The van der Waals surface area contributed by atoms with Crippen LogP contribution in [-0.2, 0) is 9.53 Å². The molecule has 0 atom stereocenters. The van der Waals surface area contributed by atoms with Crippen molar-refractivity contribution in [3.63, 3.8) is 0 Å². The zero-order valence-electron chi connectivity index (χ0n) is 12.3. The zero-order valence-corrected chi connectivity index (χ0v) is 12.3. The fourth-order valence-corrected chi connectivity index (χ4v) is 2.34. The van der Waals surface area contributed by atoms with Crippen LogP contribution in [0.4, 0.5) is 0 Å². The third-order valence-corrected chi connectivity index (χ3v) is 3.58. The van der Waals surface area contributed by atoms with Crippen molar-refractivity contribution in [1.29, 1.82) is 0 Å². The van der Waals surface area contributed by atoms with Crippen LogP contribution in [-0.4, -0.2) is 13.1 Å². The SMILES string of the molecule is C=C(C(=O)OC)C1CCCCC1.C=Cc1ccccc1. The molecule has 0 saturated heterocycles. The molecule has 0 unspecified atom stereocenters. The van der Waals surface area contributed by atoms with Crippen LogP contribution in [0.3, 0.4) is 0 Å². The second kappa shape index (κ2) is 9.13. The van der Waals surface area contributed by atoms with Crippen molar-refractivity contribution in [2.45, 2.75) is 32.1 Å². The molecule has 1 aliphatic rings. The molecule has 2 nitrogen and oxygen atoms in total. The maximum atomic E-state index is 11.1. The van der Waals surface area contributed by atoms with E-state index in [0.717, 1.165) is 12.8 Å². The molecule has 2 heteroatoms. The van der Waals surface area contributed by atoms with Crippen LogP contribution in [0, 0.1) is 5.92 Å². The van der Waals surface area contributed by atoms with E-state index in [-0.39, 0.29) is 5.97 Å². The van der Waals surface area contributed by atoms with Crippen molar-refractivity contribution in [1.82, 2.24) is 0 Å². The fourth-order valence-electron chi connectivity index (χ4n) is 2.34. The number of esters is 1. The number of carbonyl (C=O) groups is 1. The van der Waals surface area contributed by atoms with Gasteiger partial charge in [-0.2, -0.15) is 0 Å². The van der Waals surface area contributed by atoms with Crippen LogP contribution < -0.4 is 0 Å². The smallest absolute Gasteiger partial charge is 0.333 e. The molecule has 0 spiro atoms. The molecule has 108 valence electrons. The van der Waals surface area contributed by atoms with E-state index >= 15 is 0 Å². The van der Waals surface area contributed by atoms with Gasteiger partial charge in [-0.15, -0.1) is 0 Å². The molecule has 0 N–H and O–H groups in total. The van der Waals surface area contributed by atoms with Gasteiger partial charge in [-0.3, -0.25) is 0 Å². The number of benzene rings is 1. The van der Waals surface area contributed by atoms with Gasteiger partial charge >= 0.3 is 5.97 Å². The van der Waals surface area contributed by atoms with E-state index in [1.165, 1.54) is 31.9 Å². The van der Waals surface area contributed by atoms with Gasteiger partial charge in [0, 0.05) is 5.57 Å². The van der Waals surface area contributed by atoms with Gasteiger partial charge in [-0.25, -0.2) is 4.79 Å². The molecule has 0 aromatic heterocycles. The highest BCUT2D eigenvalue weighted by atomic mass is 16.5. The third-order valence-electron chi connectivity index (χ3n) is 3.58. The average Bonchev–Trinajstić information content (AvgIpc) is 2.55. The number of ether oxygens (including phenoxy) is 1. The second-order valence-corrected chi connectivity index (χ2v) is 4.97. The predicted molar refractivity (Wildman–Crippen MR) is 84.3 cm³/mol. The normalized spacial score (nSPS) is 14.7. The second-order valence-electron chi connectivity index (χ2n) is 4.97. The standard InChI is InChI=1S/C10H16O2.C8H8/c1-8(10(11)12-2)9-6-4-3-5-7-9;1-2-8-6-4-3-5-7-8/h9H,1,3-7H2,2H3;2-7H,1H2. The van der Waals surface area contributed by atoms with E-state index < -0.39 is 0 Å². The quantitative estimate of drug-likeness (QED) is 0.592. The molecule has 20 heavy (non-hydrogen) atoms. The van der Waals surface area contributed by atoms with Crippen LogP contribution >= 0.6 is 0 Å². The Morgan fingerprint density at radius 2 is 1.80 bits per heavy atom. The van der Waals surface area contributed by atoms with Crippen molar-refractivity contribution in [2.75, 3.05) is 7.11 Å². The monoisotopic (exact) mass is 272 g/mol. The predicted octanol–water partition coefficient (Wildman–Crippen LogP) is 4.63. The molecule has 1 fully saturated rings. The number of rotatable bonds is 3. The molecule has 0 radical (unpaired) electrons. The van der Waals surface area contributed by atoms with Crippen molar-refractivity contribution in [2.24, 2.45) is 5.92 Å². The molecule has 0 amide bonds. The summed E-state index contributed by atoms with van der Waals surface area (Å²) < 4.78 is 4.63. The molecule has 2 rings (SSSR count). The third kappa shape index (κ3) is 5.43. The molecule has 0 heterocycles. The highest BCUT2D eigenvalue weighted by molar-refractivity contribution is 5.88. The van der Waals surface area contributed by atoms with Crippen LogP contribution in [0.25, 0.3) is 6.08 Å². The molecule has 1 saturated carbocycles. The van der Waals surface area contributed by atoms with Crippen molar-refractivity contribution in [3.05, 3.63) is 54.6 Å². The van der Waals surface area contributed by atoms with Crippen LogP contribution in [0.15, 0.2) is 49.1 Å². The van der Waals surface area contributed by atoms with Gasteiger partial charge in [0.1, 0.15) is 0 Å². The first-order valence-corrected chi connectivity index (χ1v) is 7.13. The summed E-state index contributed by atoms with van der Waals surface area (Å²) in [6.07, 6.45) is 7.79. The van der Waals surface area contributed by atoms with E-state index in [1.54, 1.807) is 0 Å². The lowest BCUT2D eigenvalue weighted by Crippen LogP contribution is -2.16. The van der Waals surface area contributed by atoms with Crippen LogP contribution in [0.2, 0.25) is 0 Å². The van der Waals surface area contributed by atoms with E-state index in [2.05, 4.69) is 17.9 Å². The summed E-state index contributed by atoms with van der Waals surface area (Å²) >= 11 is 0. The number of hydrogen-bond donors (Lipinski definition) is 0. The minimum atomic E-state index is -0.234. The Hall–Kier alpha value is -1.83. The lowest BCUT2D eigenvalue weighted by Gasteiger charge is -2.21. The molecular formula is C18H24O2. The lowest BCUT2D eigenvalue weighted by molar-refractivity contribution is -0.136. The minimum absolute atomic E-state index is 0.234. The van der Waals surface area contributed by atoms with Gasteiger partial charge in [-0.1, -0.05) is 68.8 Å². The molecule has 1 aromatic carbocycles. The Morgan fingerprint density at radius 3 is 2.25 bits per heavy atom. The maximum absolute atomic E-state index is 11.1. The first kappa shape index (κ1) is 16.2. The Morgan fingerprint density at radius 1 is 1.20 bits per heavy atom. The largest absolute Gasteiger partial charge is 0.466 e. The van der Waals surface area contributed by atoms with Crippen LogP contribution in [0.5, 0.6) is 0 Å². The van der Waals surface area contributed by atoms with Crippen LogP contribution in [0.1, 0.15) is 37.7 Å². The van der Waals surface area contributed by atoms with E-state index in [4.69, 9.17) is 0 Å². The molecule has 1 aromatic rings. The first-order valence-electron chi connectivity index (χ1n) is 7.13.